The van der Waals surface area contributed by atoms with Crippen molar-refractivity contribution < 1.29 is 4.74 Å². The van der Waals surface area contributed by atoms with Crippen molar-refractivity contribution in [3.05, 3.63) is 0 Å². The number of fused-ring (bicyclic) bond motifs is 1. The van der Waals surface area contributed by atoms with Crippen LogP contribution in [-0.2, 0) is 4.74 Å². The summed E-state index contributed by atoms with van der Waals surface area (Å²) in [7, 11) is 0. The Morgan fingerprint density at radius 1 is 1.27 bits per heavy atom. The van der Waals surface area contributed by atoms with Gasteiger partial charge in [-0.05, 0) is 19.8 Å². The Hall–Kier alpha value is -0.0800. The molecule has 0 aromatic rings. The molecule has 2 rings (SSSR count). The van der Waals surface area contributed by atoms with E-state index in [4.69, 9.17) is 4.74 Å². The minimum atomic E-state index is 0.425. The first-order valence-electron chi connectivity index (χ1n) is 4.75. The van der Waals surface area contributed by atoms with Crippen molar-refractivity contribution in [3.63, 3.8) is 0 Å². The maximum Gasteiger partial charge on any atom is 0.0732 e. The zero-order valence-corrected chi connectivity index (χ0v) is 7.18. The van der Waals surface area contributed by atoms with Crippen LogP contribution in [-0.4, -0.2) is 24.8 Å². The second kappa shape index (κ2) is 3.11. The lowest BCUT2D eigenvalue weighted by Gasteiger charge is -2.39. The zero-order chi connectivity index (χ0) is 7.68. The summed E-state index contributed by atoms with van der Waals surface area (Å²) < 4.78 is 5.83. The first-order chi connectivity index (χ1) is 5.36. The molecule has 0 amide bonds. The van der Waals surface area contributed by atoms with Crippen LogP contribution in [0.15, 0.2) is 0 Å². The Bertz CT molecular complexity index is 138. The summed E-state index contributed by atoms with van der Waals surface area (Å²) in [5.74, 6) is 0. The van der Waals surface area contributed by atoms with Crippen molar-refractivity contribution in [2.45, 2.75) is 50.9 Å². The molecule has 0 unspecified atom stereocenters. The highest BCUT2D eigenvalue weighted by Gasteiger charge is 2.30. The van der Waals surface area contributed by atoms with E-state index >= 15 is 0 Å². The molecule has 0 bridgehead atoms. The third-order valence-electron chi connectivity index (χ3n) is 2.78. The number of hydrogen-bond donors (Lipinski definition) is 1. The van der Waals surface area contributed by atoms with Crippen molar-refractivity contribution in [1.82, 2.24) is 5.32 Å². The Morgan fingerprint density at radius 3 is 3.00 bits per heavy atom. The Labute approximate surface area is 68.3 Å². The van der Waals surface area contributed by atoms with Crippen LogP contribution < -0.4 is 5.32 Å². The lowest BCUT2D eigenvalue weighted by Crippen LogP contribution is -2.52. The summed E-state index contributed by atoms with van der Waals surface area (Å²) in [6, 6.07) is 0.667. The molecule has 1 aliphatic heterocycles. The second-order valence-electron chi connectivity index (χ2n) is 3.78. The van der Waals surface area contributed by atoms with Gasteiger partial charge in [0.2, 0.25) is 0 Å². The molecule has 2 aliphatic rings. The van der Waals surface area contributed by atoms with Gasteiger partial charge in [-0.1, -0.05) is 12.8 Å². The van der Waals surface area contributed by atoms with Gasteiger partial charge in [-0.15, -0.1) is 0 Å². The molecule has 0 radical (unpaired) electrons. The van der Waals surface area contributed by atoms with E-state index in [-0.39, 0.29) is 0 Å². The largest absolute Gasteiger partial charge is 0.372 e. The number of hydrogen-bond acceptors (Lipinski definition) is 2. The van der Waals surface area contributed by atoms with E-state index in [1.165, 1.54) is 25.7 Å². The zero-order valence-electron chi connectivity index (χ0n) is 7.18. The molecular formula is C9H17NO. The molecule has 1 saturated heterocycles. The van der Waals surface area contributed by atoms with Crippen molar-refractivity contribution in [3.8, 4) is 0 Å². The van der Waals surface area contributed by atoms with Gasteiger partial charge >= 0.3 is 0 Å². The molecular weight excluding hydrogens is 138 g/mol. The van der Waals surface area contributed by atoms with E-state index in [1.807, 2.05) is 0 Å². The highest BCUT2D eigenvalue weighted by molar-refractivity contribution is 4.86. The quantitative estimate of drug-likeness (QED) is 0.569. The third-order valence-corrected chi connectivity index (χ3v) is 2.78. The first kappa shape index (κ1) is 7.56. The van der Waals surface area contributed by atoms with E-state index in [0.29, 0.717) is 18.2 Å². The molecule has 64 valence electrons. The minimum absolute atomic E-state index is 0.425. The van der Waals surface area contributed by atoms with E-state index in [9.17, 15) is 0 Å². The van der Waals surface area contributed by atoms with E-state index in [1.54, 1.807) is 0 Å². The lowest BCUT2D eigenvalue weighted by molar-refractivity contribution is -0.0691. The van der Waals surface area contributed by atoms with Crippen LogP contribution >= 0.6 is 0 Å². The normalized spacial score (nSPS) is 45.0. The standard InChI is InChI=1S/C9H17NO/c1-7-6-10-8-4-2-3-5-9(8)11-7/h7-10H,2-6H2,1H3/t7-,8+,9-/m1/s1. The molecule has 1 saturated carbocycles. The summed E-state index contributed by atoms with van der Waals surface area (Å²) in [6.45, 7) is 3.19. The molecule has 0 aromatic heterocycles. The fraction of sp³-hybridized carbons (Fsp3) is 1.00. The average Bonchev–Trinajstić information content (AvgIpc) is 2.04. The Balaban J connectivity index is 1.93. The van der Waals surface area contributed by atoms with Crippen molar-refractivity contribution >= 4 is 0 Å². The summed E-state index contributed by atoms with van der Waals surface area (Å²) in [4.78, 5) is 0. The van der Waals surface area contributed by atoms with Gasteiger partial charge in [0, 0.05) is 12.6 Å². The minimum Gasteiger partial charge on any atom is -0.372 e. The van der Waals surface area contributed by atoms with Crippen molar-refractivity contribution in [1.29, 1.82) is 0 Å². The maximum atomic E-state index is 5.83. The predicted molar refractivity (Wildman–Crippen MR) is 44.6 cm³/mol. The highest BCUT2D eigenvalue weighted by atomic mass is 16.5. The highest BCUT2D eigenvalue weighted by Crippen LogP contribution is 2.24. The fourth-order valence-electron chi connectivity index (χ4n) is 2.16. The van der Waals surface area contributed by atoms with Crippen LogP contribution in [0.25, 0.3) is 0 Å². The van der Waals surface area contributed by atoms with Gasteiger partial charge in [-0.25, -0.2) is 0 Å². The molecule has 1 aliphatic carbocycles. The monoisotopic (exact) mass is 155 g/mol. The van der Waals surface area contributed by atoms with E-state index < -0.39 is 0 Å². The Kier molecular flexibility index (Phi) is 2.14. The molecule has 3 atom stereocenters. The third kappa shape index (κ3) is 1.57. The SMILES string of the molecule is C[C@@H]1CN[C@H]2CCCC[C@H]2O1. The molecule has 1 heterocycles. The maximum absolute atomic E-state index is 5.83. The topological polar surface area (TPSA) is 21.3 Å². The van der Waals surface area contributed by atoms with Gasteiger partial charge in [0.15, 0.2) is 0 Å². The van der Waals surface area contributed by atoms with Crippen LogP contribution in [0.1, 0.15) is 32.6 Å². The smallest absolute Gasteiger partial charge is 0.0732 e. The van der Waals surface area contributed by atoms with E-state index in [2.05, 4.69) is 12.2 Å². The van der Waals surface area contributed by atoms with Gasteiger partial charge in [0.05, 0.1) is 12.2 Å². The van der Waals surface area contributed by atoms with Gasteiger partial charge < -0.3 is 10.1 Å². The van der Waals surface area contributed by atoms with E-state index in [0.717, 1.165) is 6.54 Å². The Morgan fingerprint density at radius 2 is 2.09 bits per heavy atom. The lowest BCUT2D eigenvalue weighted by atomic mass is 9.91. The van der Waals surface area contributed by atoms with Crippen LogP contribution in [0.5, 0.6) is 0 Å². The molecule has 11 heavy (non-hydrogen) atoms. The predicted octanol–water partition coefficient (Wildman–Crippen LogP) is 1.31. The van der Waals surface area contributed by atoms with Gasteiger partial charge in [-0.3, -0.25) is 0 Å². The molecule has 2 heteroatoms. The van der Waals surface area contributed by atoms with Gasteiger partial charge in [0.1, 0.15) is 0 Å². The van der Waals surface area contributed by atoms with Crippen LogP contribution in [0, 0.1) is 0 Å². The number of ether oxygens (including phenoxy) is 1. The molecule has 0 aromatic carbocycles. The molecule has 2 nitrogen and oxygen atoms in total. The van der Waals surface area contributed by atoms with Gasteiger partial charge in [0.25, 0.3) is 0 Å². The second-order valence-corrected chi connectivity index (χ2v) is 3.78. The summed E-state index contributed by atoms with van der Waals surface area (Å²) in [6.07, 6.45) is 6.27. The molecule has 1 N–H and O–H groups in total. The van der Waals surface area contributed by atoms with Crippen LogP contribution in [0.2, 0.25) is 0 Å². The van der Waals surface area contributed by atoms with Crippen molar-refractivity contribution in [2.24, 2.45) is 0 Å². The molecule has 2 fully saturated rings. The summed E-state index contributed by atoms with van der Waals surface area (Å²) in [5.41, 5.74) is 0. The number of morpholine rings is 1. The summed E-state index contributed by atoms with van der Waals surface area (Å²) >= 11 is 0. The number of nitrogens with one attached hydrogen (secondary N) is 1. The fourth-order valence-corrected chi connectivity index (χ4v) is 2.16. The number of rotatable bonds is 0. The summed E-state index contributed by atoms with van der Waals surface area (Å²) in [5, 5.41) is 3.55. The van der Waals surface area contributed by atoms with Gasteiger partial charge in [-0.2, -0.15) is 0 Å². The van der Waals surface area contributed by atoms with Crippen molar-refractivity contribution in [2.75, 3.05) is 6.54 Å². The molecule has 0 spiro atoms. The average molecular weight is 155 g/mol. The van der Waals surface area contributed by atoms with Crippen LogP contribution in [0.3, 0.4) is 0 Å². The first-order valence-corrected chi connectivity index (χ1v) is 4.75. The van der Waals surface area contributed by atoms with Crippen LogP contribution in [0.4, 0.5) is 0 Å².